The number of pyridine rings is 1. The maximum atomic E-state index is 4.62. The van der Waals surface area contributed by atoms with Gasteiger partial charge in [-0.25, -0.2) is 4.98 Å². The van der Waals surface area contributed by atoms with Crippen molar-refractivity contribution in [1.82, 2.24) is 15.2 Å². The second-order valence-corrected chi connectivity index (χ2v) is 6.49. The van der Waals surface area contributed by atoms with E-state index in [1.807, 2.05) is 13.2 Å². The highest BCUT2D eigenvalue weighted by Gasteiger charge is 2.23. The summed E-state index contributed by atoms with van der Waals surface area (Å²) in [7, 11) is 1.97. The normalized spacial score (nSPS) is 21.1. The predicted molar refractivity (Wildman–Crippen MR) is 87.6 cm³/mol. The highest BCUT2D eigenvalue weighted by Crippen LogP contribution is 2.23. The molecule has 2 aliphatic heterocycles. The first-order chi connectivity index (χ1) is 10.3. The van der Waals surface area contributed by atoms with Crippen LogP contribution in [-0.4, -0.2) is 49.7 Å². The number of likely N-dealkylation sites (tertiary alicyclic amines) is 1. The molecule has 0 aliphatic carbocycles. The fourth-order valence-corrected chi connectivity index (χ4v) is 3.59. The zero-order valence-electron chi connectivity index (χ0n) is 13.2. The Morgan fingerprint density at radius 1 is 1.14 bits per heavy atom. The summed E-state index contributed by atoms with van der Waals surface area (Å²) in [5.74, 6) is 2.04. The molecule has 3 heterocycles. The maximum Gasteiger partial charge on any atom is 0.128 e. The SMILES string of the molecule is CNCc1ccc(N2CCC(CN3CCCC3)CC2)nc1. The van der Waals surface area contributed by atoms with E-state index in [1.165, 1.54) is 50.9 Å². The molecule has 1 aromatic heterocycles. The van der Waals surface area contributed by atoms with Gasteiger partial charge in [-0.3, -0.25) is 0 Å². The molecule has 2 fully saturated rings. The number of nitrogens with one attached hydrogen (secondary N) is 1. The summed E-state index contributed by atoms with van der Waals surface area (Å²) < 4.78 is 0. The molecule has 1 aromatic rings. The molecule has 0 spiro atoms. The molecule has 21 heavy (non-hydrogen) atoms. The number of piperidine rings is 1. The fourth-order valence-electron chi connectivity index (χ4n) is 3.59. The van der Waals surface area contributed by atoms with E-state index < -0.39 is 0 Å². The van der Waals surface area contributed by atoms with Crippen molar-refractivity contribution in [2.75, 3.05) is 44.7 Å². The molecule has 0 aromatic carbocycles. The number of aromatic nitrogens is 1. The van der Waals surface area contributed by atoms with Crippen LogP contribution >= 0.6 is 0 Å². The van der Waals surface area contributed by atoms with Gasteiger partial charge in [0.15, 0.2) is 0 Å². The van der Waals surface area contributed by atoms with E-state index >= 15 is 0 Å². The smallest absolute Gasteiger partial charge is 0.128 e. The molecule has 0 bridgehead atoms. The van der Waals surface area contributed by atoms with Crippen LogP contribution in [-0.2, 0) is 6.54 Å². The topological polar surface area (TPSA) is 31.4 Å². The average molecular weight is 288 g/mol. The third-order valence-electron chi connectivity index (χ3n) is 4.84. The van der Waals surface area contributed by atoms with Crippen LogP contribution in [0.3, 0.4) is 0 Å². The highest BCUT2D eigenvalue weighted by atomic mass is 15.2. The van der Waals surface area contributed by atoms with Crippen LogP contribution in [0, 0.1) is 5.92 Å². The number of rotatable bonds is 5. The van der Waals surface area contributed by atoms with Gasteiger partial charge in [0.2, 0.25) is 0 Å². The average Bonchev–Trinajstić information content (AvgIpc) is 3.02. The number of nitrogens with zero attached hydrogens (tertiary/aromatic N) is 3. The van der Waals surface area contributed by atoms with Crippen molar-refractivity contribution in [2.45, 2.75) is 32.2 Å². The lowest BCUT2D eigenvalue weighted by Crippen LogP contribution is -2.38. The quantitative estimate of drug-likeness (QED) is 0.899. The Morgan fingerprint density at radius 2 is 1.90 bits per heavy atom. The molecule has 0 amide bonds. The summed E-state index contributed by atoms with van der Waals surface area (Å²) in [4.78, 5) is 9.73. The summed E-state index contributed by atoms with van der Waals surface area (Å²) >= 11 is 0. The second kappa shape index (κ2) is 7.23. The Balaban J connectivity index is 1.48. The van der Waals surface area contributed by atoms with E-state index in [9.17, 15) is 0 Å². The molecule has 0 atom stereocenters. The zero-order valence-corrected chi connectivity index (χ0v) is 13.2. The van der Waals surface area contributed by atoms with Gasteiger partial charge in [-0.05, 0) is 63.4 Å². The van der Waals surface area contributed by atoms with Gasteiger partial charge in [-0.15, -0.1) is 0 Å². The minimum absolute atomic E-state index is 0.892. The summed E-state index contributed by atoms with van der Waals surface area (Å²) in [6, 6.07) is 4.36. The minimum Gasteiger partial charge on any atom is -0.357 e. The van der Waals surface area contributed by atoms with Crippen LogP contribution in [0.15, 0.2) is 18.3 Å². The van der Waals surface area contributed by atoms with E-state index in [0.29, 0.717) is 0 Å². The molecular formula is C17H28N4. The number of anilines is 1. The first-order valence-electron chi connectivity index (χ1n) is 8.42. The minimum atomic E-state index is 0.892. The molecule has 0 unspecified atom stereocenters. The van der Waals surface area contributed by atoms with Gasteiger partial charge in [0, 0.05) is 32.4 Å². The van der Waals surface area contributed by atoms with Crippen molar-refractivity contribution >= 4 is 5.82 Å². The van der Waals surface area contributed by atoms with E-state index in [4.69, 9.17) is 0 Å². The first-order valence-corrected chi connectivity index (χ1v) is 8.42. The molecule has 116 valence electrons. The molecular weight excluding hydrogens is 260 g/mol. The molecule has 2 aliphatic rings. The second-order valence-electron chi connectivity index (χ2n) is 6.49. The fraction of sp³-hybridized carbons (Fsp3) is 0.706. The number of hydrogen-bond acceptors (Lipinski definition) is 4. The summed E-state index contributed by atoms with van der Waals surface area (Å²) in [6.45, 7) is 7.20. The molecule has 1 N–H and O–H groups in total. The van der Waals surface area contributed by atoms with Crippen LogP contribution in [0.1, 0.15) is 31.2 Å². The van der Waals surface area contributed by atoms with E-state index in [0.717, 1.165) is 31.4 Å². The summed E-state index contributed by atoms with van der Waals surface area (Å²) in [5.41, 5.74) is 1.25. The van der Waals surface area contributed by atoms with Gasteiger partial charge in [-0.1, -0.05) is 6.07 Å². The van der Waals surface area contributed by atoms with E-state index in [-0.39, 0.29) is 0 Å². The van der Waals surface area contributed by atoms with Gasteiger partial charge in [-0.2, -0.15) is 0 Å². The van der Waals surface area contributed by atoms with E-state index in [1.54, 1.807) is 0 Å². The third kappa shape index (κ3) is 3.95. The van der Waals surface area contributed by atoms with Crippen molar-refractivity contribution in [3.63, 3.8) is 0 Å². The van der Waals surface area contributed by atoms with Gasteiger partial charge in [0.1, 0.15) is 5.82 Å². The van der Waals surface area contributed by atoms with Crippen molar-refractivity contribution < 1.29 is 0 Å². The Labute approximate surface area is 128 Å². The Hall–Kier alpha value is -1.13. The van der Waals surface area contributed by atoms with Crippen LogP contribution in [0.4, 0.5) is 5.82 Å². The van der Waals surface area contributed by atoms with Gasteiger partial charge >= 0.3 is 0 Å². The zero-order chi connectivity index (χ0) is 14.5. The lowest BCUT2D eigenvalue weighted by Gasteiger charge is -2.34. The van der Waals surface area contributed by atoms with Gasteiger partial charge in [0.05, 0.1) is 0 Å². The van der Waals surface area contributed by atoms with Gasteiger partial charge < -0.3 is 15.1 Å². The van der Waals surface area contributed by atoms with Gasteiger partial charge in [0.25, 0.3) is 0 Å². The van der Waals surface area contributed by atoms with Crippen LogP contribution in [0.25, 0.3) is 0 Å². The van der Waals surface area contributed by atoms with Crippen molar-refractivity contribution in [3.8, 4) is 0 Å². The van der Waals surface area contributed by atoms with Crippen molar-refractivity contribution in [3.05, 3.63) is 23.9 Å². The molecule has 0 saturated carbocycles. The molecule has 4 heteroatoms. The molecule has 3 rings (SSSR count). The van der Waals surface area contributed by atoms with Crippen LogP contribution in [0.2, 0.25) is 0 Å². The largest absolute Gasteiger partial charge is 0.357 e. The van der Waals surface area contributed by atoms with Crippen LogP contribution < -0.4 is 10.2 Å². The Morgan fingerprint density at radius 3 is 2.52 bits per heavy atom. The van der Waals surface area contributed by atoms with Crippen LogP contribution in [0.5, 0.6) is 0 Å². The highest BCUT2D eigenvalue weighted by molar-refractivity contribution is 5.39. The summed E-state index contributed by atoms with van der Waals surface area (Å²) in [6.07, 6.45) is 7.44. The lowest BCUT2D eigenvalue weighted by molar-refractivity contribution is 0.249. The standard InChI is InChI=1S/C17H28N4/c1-18-12-16-4-5-17(19-13-16)21-10-6-15(7-11-21)14-20-8-2-3-9-20/h4-5,13,15,18H,2-3,6-12,14H2,1H3. The summed E-state index contributed by atoms with van der Waals surface area (Å²) in [5, 5.41) is 3.16. The molecule has 0 radical (unpaired) electrons. The number of hydrogen-bond donors (Lipinski definition) is 1. The predicted octanol–water partition coefficient (Wildman–Crippen LogP) is 2.11. The van der Waals surface area contributed by atoms with E-state index in [2.05, 4.69) is 32.2 Å². The monoisotopic (exact) mass is 288 g/mol. The first kappa shape index (κ1) is 14.8. The van der Waals surface area contributed by atoms with Crippen molar-refractivity contribution in [1.29, 1.82) is 0 Å². The Kier molecular flexibility index (Phi) is 5.09. The lowest BCUT2D eigenvalue weighted by atomic mass is 9.96. The third-order valence-corrected chi connectivity index (χ3v) is 4.84. The maximum absolute atomic E-state index is 4.62. The molecule has 2 saturated heterocycles. The van der Waals surface area contributed by atoms with Crippen molar-refractivity contribution in [2.24, 2.45) is 5.92 Å². The molecule has 4 nitrogen and oxygen atoms in total. The Bertz CT molecular complexity index is 417.